The summed E-state index contributed by atoms with van der Waals surface area (Å²) in [6.07, 6.45) is 0.814. The minimum absolute atomic E-state index is 0.375. The first-order valence-corrected chi connectivity index (χ1v) is 11.1. The van der Waals surface area contributed by atoms with Gasteiger partial charge in [0.25, 0.3) is 0 Å². The Balaban J connectivity index is 1.47. The number of hydrogen-bond donors (Lipinski definition) is 0. The van der Waals surface area contributed by atoms with Crippen molar-refractivity contribution in [1.82, 2.24) is 19.7 Å². The van der Waals surface area contributed by atoms with E-state index in [1.165, 1.54) is 0 Å². The highest BCUT2D eigenvalue weighted by Gasteiger charge is 2.51. The molecule has 0 bridgehead atoms. The number of rotatable bonds is 4. The molecule has 2 aromatic heterocycles. The number of imidazole rings is 1. The molecule has 1 saturated heterocycles. The molecule has 0 atom stereocenters. The lowest BCUT2D eigenvalue weighted by Gasteiger charge is -2.32. The normalized spacial score (nSPS) is 17.2. The van der Waals surface area contributed by atoms with E-state index in [9.17, 15) is 0 Å². The fraction of sp³-hybridized carbons (Fsp3) is 0.320. The first-order chi connectivity index (χ1) is 15.3. The number of hydrogen-bond acceptors (Lipinski definition) is 5. The third kappa shape index (κ3) is 3.42. The van der Waals surface area contributed by atoms with Crippen molar-refractivity contribution >= 4 is 23.6 Å². The highest BCUT2D eigenvalue weighted by molar-refractivity contribution is 6.62. The lowest BCUT2D eigenvalue weighted by Crippen LogP contribution is -2.41. The van der Waals surface area contributed by atoms with E-state index in [0.717, 1.165) is 45.8 Å². The van der Waals surface area contributed by atoms with Gasteiger partial charge in [0.1, 0.15) is 5.82 Å². The second kappa shape index (κ2) is 7.54. The van der Waals surface area contributed by atoms with E-state index in [2.05, 4.69) is 61.5 Å². The van der Waals surface area contributed by atoms with Crippen LogP contribution in [0.3, 0.4) is 0 Å². The Labute approximate surface area is 188 Å². The summed E-state index contributed by atoms with van der Waals surface area (Å²) in [5.41, 5.74) is 4.00. The molecule has 3 heterocycles. The monoisotopic (exact) mass is 426 g/mol. The third-order valence-electron chi connectivity index (χ3n) is 6.53. The van der Waals surface area contributed by atoms with Crippen LogP contribution in [0.2, 0.25) is 0 Å². The van der Waals surface area contributed by atoms with Gasteiger partial charge in [-0.15, -0.1) is 10.2 Å². The number of nitrogens with zero attached hydrogens (tertiary/aromatic N) is 4. The molecule has 6 nitrogen and oxygen atoms in total. The molecule has 4 aromatic rings. The van der Waals surface area contributed by atoms with Gasteiger partial charge < -0.3 is 9.31 Å². The molecule has 1 fully saturated rings. The number of aromatic nitrogens is 4. The van der Waals surface area contributed by atoms with Gasteiger partial charge in [-0.3, -0.25) is 4.57 Å². The molecule has 1 aliphatic rings. The molecule has 5 rings (SSSR count). The fourth-order valence-corrected chi connectivity index (χ4v) is 3.99. The standard InChI is InChI=1S/C25H27BN4O2/c1-6-22-27-20-12-7-8-13-21(20)30(22)23-15-14-19(28-29-23)17-10-9-11-18(16-17)26-31-24(2,3)25(4,5)32-26/h7-16H,6H2,1-5H3. The summed E-state index contributed by atoms with van der Waals surface area (Å²) >= 11 is 0. The number of benzene rings is 2. The van der Waals surface area contributed by atoms with Gasteiger partial charge >= 0.3 is 7.12 Å². The maximum Gasteiger partial charge on any atom is 0.494 e. The Hall–Kier alpha value is -3.03. The minimum atomic E-state index is -0.406. The Bertz CT molecular complexity index is 1260. The molecular formula is C25H27BN4O2. The van der Waals surface area contributed by atoms with Crippen molar-refractivity contribution < 1.29 is 9.31 Å². The average molecular weight is 426 g/mol. The molecule has 1 aliphatic heterocycles. The summed E-state index contributed by atoms with van der Waals surface area (Å²) < 4.78 is 14.5. The van der Waals surface area contributed by atoms with Crippen molar-refractivity contribution in [3.05, 3.63) is 66.5 Å². The van der Waals surface area contributed by atoms with Gasteiger partial charge in [0.2, 0.25) is 0 Å². The molecule has 162 valence electrons. The van der Waals surface area contributed by atoms with Crippen molar-refractivity contribution in [2.75, 3.05) is 0 Å². The SMILES string of the molecule is CCc1nc2ccccc2n1-c1ccc(-c2cccc(B3OC(C)(C)C(C)(C)O3)c2)nn1. The lowest BCUT2D eigenvalue weighted by molar-refractivity contribution is 0.00578. The van der Waals surface area contributed by atoms with Crippen LogP contribution in [0, 0.1) is 0 Å². The van der Waals surface area contributed by atoms with Gasteiger partial charge in [-0.05, 0) is 57.4 Å². The van der Waals surface area contributed by atoms with Crippen LogP contribution in [0.4, 0.5) is 0 Å². The van der Waals surface area contributed by atoms with Gasteiger partial charge in [-0.25, -0.2) is 4.98 Å². The molecule has 0 radical (unpaired) electrons. The van der Waals surface area contributed by atoms with E-state index in [1.807, 2.05) is 48.5 Å². The second-order valence-corrected chi connectivity index (χ2v) is 9.20. The summed E-state index contributed by atoms with van der Waals surface area (Å²) in [4.78, 5) is 4.73. The molecule has 0 saturated carbocycles. The molecule has 32 heavy (non-hydrogen) atoms. The van der Waals surface area contributed by atoms with Crippen LogP contribution in [-0.2, 0) is 15.7 Å². The van der Waals surface area contributed by atoms with Crippen LogP contribution in [0.1, 0.15) is 40.4 Å². The first-order valence-electron chi connectivity index (χ1n) is 11.1. The molecule has 0 spiro atoms. The summed E-state index contributed by atoms with van der Waals surface area (Å²) in [6, 6.07) is 20.2. The lowest BCUT2D eigenvalue weighted by atomic mass is 9.78. The van der Waals surface area contributed by atoms with E-state index in [4.69, 9.17) is 14.3 Å². The van der Waals surface area contributed by atoms with Gasteiger partial charge in [0.15, 0.2) is 5.82 Å². The summed E-state index contributed by atoms with van der Waals surface area (Å²) in [7, 11) is -0.406. The highest BCUT2D eigenvalue weighted by Crippen LogP contribution is 2.36. The smallest absolute Gasteiger partial charge is 0.399 e. The van der Waals surface area contributed by atoms with E-state index in [-0.39, 0.29) is 11.2 Å². The van der Waals surface area contributed by atoms with E-state index >= 15 is 0 Å². The van der Waals surface area contributed by atoms with Crippen molar-refractivity contribution in [3.8, 4) is 17.1 Å². The zero-order chi connectivity index (χ0) is 22.5. The predicted molar refractivity (Wildman–Crippen MR) is 127 cm³/mol. The maximum atomic E-state index is 6.21. The van der Waals surface area contributed by atoms with Crippen LogP contribution < -0.4 is 5.46 Å². The molecule has 0 aliphatic carbocycles. The molecule has 0 amide bonds. The molecule has 2 aromatic carbocycles. The summed E-state index contributed by atoms with van der Waals surface area (Å²) in [6.45, 7) is 10.3. The largest absolute Gasteiger partial charge is 0.494 e. The minimum Gasteiger partial charge on any atom is -0.399 e. The van der Waals surface area contributed by atoms with E-state index < -0.39 is 7.12 Å². The van der Waals surface area contributed by atoms with Gasteiger partial charge in [0.05, 0.1) is 27.9 Å². The third-order valence-corrected chi connectivity index (χ3v) is 6.53. The van der Waals surface area contributed by atoms with Crippen molar-refractivity contribution in [1.29, 1.82) is 0 Å². The Morgan fingerprint density at radius 3 is 2.31 bits per heavy atom. The van der Waals surface area contributed by atoms with Crippen molar-refractivity contribution in [3.63, 3.8) is 0 Å². The van der Waals surface area contributed by atoms with Gasteiger partial charge in [-0.1, -0.05) is 43.3 Å². The maximum absolute atomic E-state index is 6.21. The molecule has 0 N–H and O–H groups in total. The van der Waals surface area contributed by atoms with Gasteiger partial charge in [-0.2, -0.15) is 0 Å². The molecular weight excluding hydrogens is 399 g/mol. The molecule has 0 unspecified atom stereocenters. The Morgan fingerprint density at radius 1 is 0.875 bits per heavy atom. The van der Waals surface area contributed by atoms with Crippen LogP contribution in [0.5, 0.6) is 0 Å². The van der Waals surface area contributed by atoms with Crippen molar-refractivity contribution in [2.24, 2.45) is 0 Å². The summed E-state index contributed by atoms with van der Waals surface area (Å²) in [5.74, 6) is 1.73. The van der Waals surface area contributed by atoms with Crippen LogP contribution in [0.25, 0.3) is 28.1 Å². The number of aryl methyl sites for hydroxylation is 1. The first kappa shape index (κ1) is 20.9. The predicted octanol–water partition coefficient (Wildman–Crippen LogP) is 4.34. The van der Waals surface area contributed by atoms with Gasteiger partial charge in [0, 0.05) is 12.0 Å². The average Bonchev–Trinajstić information content (AvgIpc) is 3.27. The zero-order valence-electron chi connectivity index (χ0n) is 19.2. The highest BCUT2D eigenvalue weighted by atomic mass is 16.7. The quantitative estimate of drug-likeness (QED) is 0.455. The second-order valence-electron chi connectivity index (χ2n) is 9.20. The number of fused-ring (bicyclic) bond motifs is 1. The zero-order valence-corrected chi connectivity index (χ0v) is 19.2. The summed E-state index contributed by atoms with van der Waals surface area (Å²) in [5, 5.41) is 9.07. The topological polar surface area (TPSA) is 62.1 Å². The van der Waals surface area contributed by atoms with Crippen LogP contribution in [-0.4, -0.2) is 38.1 Å². The van der Waals surface area contributed by atoms with Crippen molar-refractivity contribution in [2.45, 2.75) is 52.2 Å². The van der Waals surface area contributed by atoms with E-state index in [1.54, 1.807) is 0 Å². The van der Waals surface area contributed by atoms with Crippen LogP contribution >= 0.6 is 0 Å². The van der Waals surface area contributed by atoms with Crippen LogP contribution in [0.15, 0.2) is 60.7 Å². The van der Waals surface area contributed by atoms with E-state index in [0.29, 0.717) is 0 Å². The fourth-order valence-electron chi connectivity index (χ4n) is 3.99. The Morgan fingerprint density at radius 2 is 1.62 bits per heavy atom. The Kier molecular flexibility index (Phi) is 4.91. The molecule has 7 heteroatoms. The number of para-hydroxylation sites is 2.